The van der Waals surface area contributed by atoms with Crippen molar-refractivity contribution in [2.45, 2.75) is 19.6 Å². The third-order valence-corrected chi connectivity index (χ3v) is 14.0. The van der Waals surface area contributed by atoms with Gasteiger partial charge >= 0.3 is 0 Å². The summed E-state index contributed by atoms with van der Waals surface area (Å²) in [6.45, 7) is 0. The number of nitrogens with zero attached hydrogens (tertiary/aromatic N) is 7. The van der Waals surface area contributed by atoms with Gasteiger partial charge in [0.1, 0.15) is 32.5 Å². The van der Waals surface area contributed by atoms with Gasteiger partial charge in [-0.2, -0.15) is 48.6 Å². The van der Waals surface area contributed by atoms with Gasteiger partial charge in [-0.1, -0.05) is 47.5 Å². The predicted octanol–water partition coefficient (Wildman–Crippen LogP) is 9.28. The molecule has 0 saturated heterocycles. The third-order valence-electron chi connectivity index (χ3n) is 9.98. The Bertz CT molecular complexity index is 4140. The van der Waals surface area contributed by atoms with E-state index in [0.29, 0.717) is 30.0 Å². The number of aromatic hydroxyl groups is 4. The molecule has 8 aromatic rings. The molecule has 0 bridgehead atoms. The van der Waals surface area contributed by atoms with E-state index in [1.165, 1.54) is 36.4 Å². The summed E-state index contributed by atoms with van der Waals surface area (Å²) in [6, 6.07) is 21.1. The molecule has 0 spiro atoms. The van der Waals surface area contributed by atoms with E-state index in [1.807, 2.05) is 0 Å². The second kappa shape index (κ2) is 18.8. The molecule has 370 valence electrons. The lowest BCUT2D eigenvalue weighted by molar-refractivity contribution is 0.470. The fourth-order valence-electron chi connectivity index (χ4n) is 6.68. The summed E-state index contributed by atoms with van der Waals surface area (Å²) >= 11 is 11.8. The van der Waals surface area contributed by atoms with Gasteiger partial charge in [0.25, 0.3) is 40.5 Å². The van der Waals surface area contributed by atoms with Gasteiger partial charge in [0, 0.05) is 27.7 Å². The molecule has 1 heterocycles. The van der Waals surface area contributed by atoms with Crippen LogP contribution in [0.25, 0.3) is 32.9 Å². The quantitative estimate of drug-likeness (QED) is 0.0379. The Labute approximate surface area is 414 Å². The molecule has 31 heteroatoms. The molecule has 0 saturated carbocycles. The molecule has 0 unspecified atom stereocenters. The number of para-hydroxylation sites is 1. The highest BCUT2D eigenvalue weighted by Gasteiger charge is 2.26. The molecule has 10 N–H and O–H groups in total. The zero-order valence-corrected chi connectivity index (χ0v) is 40.0. The van der Waals surface area contributed by atoms with Crippen LogP contribution in [0.1, 0.15) is 0 Å². The van der Waals surface area contributed by atoms with Gasteiger partial charge < -0.3 is 31.1 Å². The number of halogens is 2. The SMILES string of the molecule is O=S(=O)(O)c1cc(Cl)c(O)c(N=Nc2c(S(=O)(=O)O)cc3cc(Nc4nc(Nc5ccccc5)nc(-c5ccc6c(O)c(N=Nc7cc(S(=O)(=O)O)cc(Cl)c7O)c(S(=O)(=O)O)cc6c5)n4)ccc3c2O)c1. The van der Waals surface area contributed by atoms with Crippen LogP contribution in [0, 0.1) is 0 Å². The molecule has 0 atom stereocenters. The van der Waals surface area contributed by atoms with Crippen molar-refractivity contribution in [3.05, 3.63) is 113 Å². The third kappa shape index (κ3) is 10.6. The number of hydrogen-bond donors (Lipinski definition) is 10. The number of anilines is 4. The summed E-state index contributed by atoms with van der Waals surface area (Å²) in [7, 11) is -20.2. The lowest BCUT2D eigenvalue weighted by Crippen LogP contribution is -2.06. The van der Waals surface area contributed by atoms with Crippen molar-refractivity contribution in [3.8, 4) is 34.4 Å². The van der Waals surface area contributed by atoms with E-state index in [2.05, 4.69) is 46.0 Å². The number of fused-ring (bicyclic) bond motifs is 2. The zero-order chi connectivity index (χ0) is 52.2. The largest absolute Gasteiger partial charge is 0.505 e. The molecular formula is C41H27Cl2N9O16S4. The van der Waals surface area contributed by atoms with E-state index in [1.54, 1.807) is 30.3 Å². The number of phenols is 4. The second-order valence-electron chi connectivity index (χ2n) is 14.8. The summed E-state index contributed by atoms with van der Waals surface area (Å²) < 4.78 is 137. The number of rotatable bonds is 13. The van der Waals surface area contributed by atoms with Crippen LogP contribution in [0.15, 0.2) is 143 Å². The number of azo groups is 2. The van der Waals surface area contributed by atoms with E-state index in [-0.39, 0.29) is 50.5 Å². The molecule has 0 aliphatic rings. The maximum absolute atomic E-state index is 12.7. The van der Waals surface area contributed by atoms with Gasteiger partial charge in [0.15, 0.2) is 28.8 Å². The standard InChI is InChI=1S/C41H27Cl2N9O16S4/c42-27-14-23(69(57,58)59)16-29(37(27)55)49-51-33-31(71(63,64)65)12-19-10-18(6-8-25(19)35(33)53)39-46-40(44-21-4-2-1-3-5-21)48-41(47-39)45-22-7-9-26-20(11-22)13-32(72(66,67)68)34(36(26)54)52-50-30-17-24(70(60,61)62)15-28(43)38(30)56/h1-17,53-56H,(H,57,58,59)(H,60,61,62)(H,63,64,65)(H,66,67,68)(H2,44,45,46,47,48). The van der Waals surface area contributed by atoms with Gasteiger partial charge in [0.2, 0.25) is 11.9 Å². The Hall–Kier alpha value is -7.71. The molecule has 8 rings (SSSR count). The van der Waals surface area contributed by atoms with Crippen LogP contribution in [0.4, 0.5) is 46.0 Å². The summed E-state index contributed by atoms with van der Waals surface area (Å²) in [5.74, 6) is -3.71. The Morgan fingerprint density at radius 1 is 0.444 bits per heavy atom. The van der Waals surface area contributed by atoms with E-state index in [4.69, 9.17) is 23.2 Å². The van der Waals surface area contributed by atoms with Crippen molar-refractivity contribution >= 4 is 131 Å². The number of aromatic nitrogens is 3. The molecule has 0 aliphatic carbocycles. The highest BCUT2D eigenvalue weighted by Crippen LogP contribution is 2.46. The van der Waals surface area contributed by atoms with Crippen LogP contribution >= 0.6 is 23.2 Å². The first-order valence-electron chi connectivity index (χ1n) is 19.4. The van der Waals surface area contributed by atoms with Gasteiger partial charge in [-0.15, -0.1) is 20.5 Å². The van der Waals surface area contributed by atoms with E-state index >= 15 is 0 Å². The van der Waals surface area contributed by atoms with Crippen molar-refractivity contribution in [1.82, 2.24) is 15.0 Å². The average molecular weight is 1100 g/mol. The monoisotopic (exact) mass is 1100 g/mol. The van der Waals surface area contributed by atoms with Crippen LogP contribution < -0.4 is 10.6 Å². The lowest BCUT2D eigenvalue weighted by Gasteiger charge is -2.13. The highest BCUT2D eigenvalue weighted by atomic mass is 35.5. The Kier molecular flexibility index (Phi) is 13.2. The van der Waals surface area contributed by atoms with Crippen molar-refractivity contribution in [2.75, 3.05) is 10.6 Å². The number of hydrogen-bond acceptors (Lipinski definition) is 21. The minimum absolute atomic E-state index is 0.0321. The Morgan fingerprint density at radius 2 is 0.889 bits per heavy atom. The molecular weight excluding hydrogens is 1070 g/mol. The average Bonchev–Trinajstić information content (AvgIpc) is 3.29. The van der Waals surface area contributed by atoms with Gasteiger partial charge in [0.05, 0.1) is 19.8 Å². The summed E-state index contributed by atoms with van der Waals surface area (Å²) in [5, 5.41) is 62.4. The van der Waals surface area contributed by atoms with Crippen molar-refractivity contribution in [3.63, 3.8) is 0 Å². The fourth-order valence-corrected chi connectivity index (χ4v) is 9.61. The number of nitrogens with one attached hydrogen (secondary N) is 2. The first-order valence-corrected chi connectivity index (χ1v) is 25.9. The van der Waals surface area contributed by atoms with Gasteiger partial charge in [-0.25, -0.2) is 0 Å². The second-order valence-corrected chi connectivity index (χ2v) is 21.2. The first-order chi connectivity index (χ1) is 33.6. The Balaban J connectivity index is 1.20. The van der Waals surface area contributed by atoms with Crippen LogP contribution in [-0.4, -0.2) is 87.3 Å². The van der Waals surface area contributed by atoms with Crippen molar-refractivity contribution in [2.24, 2.45) is 20.5 Å². The van der Waals surface area contributed by atoms with Crippen LogP contribution in [0.5, 0.6) is 23.0 Å². The maximum Gasteiger partial charge on any atom is 0.296 e. The molecule has 1 aromatic heterocycles. The predicted molar refractivity (Wildman–Crippen MR) is 257 cm³/mol. The minimum atomic E-state index is -5.23. The van der Waals surface area contributed by atoms with E-state index < -0.39 is 116 Å². The van der Waals surface area contributed by atoms with E-state index in [0.717, 1.165) is 12.1 Å². The molecule has 0 radical (unpaired) electrons. The molecule has 25 nitrogen and oxygen atoms in total. The summed E-state index contributed by atoms with van der Waals surface area (Å²) in [4.78, 5) is 9.79. The fraction of sp³-hybridized carbons (Fsp3) is 0. The number of phenolic OH excluding ortho intramolecular Hbond substituents is 4. The molecule has 0 aliphatic heterocycles. The molecule has 0 amide bonds. The zero-order valence-electron chi connectivity index (χ0n) is 35.2. The van der Waals surface area contributed by atoms with Gasteiger partial charge in [-0.3, -0.25) is 18.2 Å². The van der Waals surface area contributed by atoms with Gasteiger partial charge in [-0.05, 0) is 89.6 Å². The first kappa shape index (κ1) is 50.7. The number of benzene rings is 7. The highest BCUT2D eigenvalue weighted by molar-refractivity contribution is 7.86. The molecule has 0 fully saturated rings. The molecule has 72 heavy (non-hydrogen) atoms. The molecule has 7 aromatic carbocycles. The smallest absolute Gasteiger partial charge is 0.296 e. The Morgan fingerprint density at radius 3 is 1.35 bits per heavy atom. The van der Waals surface area contributed by atoms with Crippen molar-refractivity contribution in [1.29, 1.82) is 0 Å². The normalized spacial score (nSPS) is 12.6. The van der Waals surface area contributed by atoms with Crippen LogP contribution in [0.3, 0.4) is 0 Å². The maximum atomic E-state index is 12.7. The lowest BCUT2D eigenvalue weighted by atomic mass is 10.0. The van der Waals surface area contributed by atoms with Crippen LogP contribution in [-0.2, 0) is 40.5 Å². The van der Waals surface area contributed by atoms with Crippen molar-refractivity contribution < 1.29 is 72.3 Å². The minimum Gasteiger partial charge on any atom is -0.505 e. The summed E-state index contributed by atoms with van der Waals surface area (Å²) in [5.41, 5.74) is -2.24. The van der Waals surface area contributed by atoms with Crippen LogP contribution in [0.2, 0.25) is 10.0 Å². The topological polar surface area (TPSA) is 411 Å². The van der Waals surface area contributed by atoms with E-state index in [9.17, 15) is 72.3 Å². The summed E-state index contributed by atoms with van der Waals surface area (Å²) in [6.07, 6.45) is 0.